The summed E-state index contributed by atoms with van der Waals surface area (Å²) >= 11 is 5.85. The number of benzene rings is 1. The number of rotatable bonds is 5. The maximum Gasteiger partial charge on any atom is 0.417 e. The predicted molar refractivity (Wildman–Crippen MR) is 101 cm³/mol. The van der Waals surface area contributed by atoms with Crippen molar-refractivity contribution >= 4 is 23.2 Å². The van der Waals surface area contributed by atoms with Crippen molar-refractivity contribution in [1.29, 1.82) is 0 Å². The Balaban J connectivity index is 1.54. The van der Waals surface area contributed by atoms with Gasteiger partial charge in [-0.15, -0.1) is 0 Å². The number of pyridine rings is 1. The molecule has 0 atom stereocenters. The van der Waals surface area contributed by atoms with E-state index < -0.39 is 22.6 Å². The average molecular weight is 444 g/mol. The zero-order valence-corrected chi connectivity index (χ0v) is 16.2. The molecule has 0 unspecified atom stereocenters. The zero-order valence-electron chi connectivity index (χ0n) is 15.5. The molecule has 0 saturated heterocycles. The van der Waals surface area contributed by atoms with Gasteiger partial charge < -0.3 is 10.1 Å². The lowest BCUT2D eigenvalue weighted by atomic mass is 9.92. The lowest BCUT2D eigenvalue weighted by Gasteiger charge is -2.29. The minimum absolute atomic E-state index is 0.102. The highest BCUT2D eigenvalue weighted by Gasteiger charge is 2.31. The van der Waals surface area contributed by atoms with Gasteiger partial charge in [0, 0.05) is 29.4 Å². The molecule has 0 radical (unpaired) electrons. The molecule has 1 aromatic carbocycles. The van der Waals surface area contributed by atoms with E-state index in [0.717, 1.165) is 12.3 Å². The molecule has 0 bridgehead atoms. The van der Waals surface area contributed by atoms with Crippen molar-refractivity contribution in [3.05, 3.63) is 62.8 Å². The maximum atomic E-state index is 12.6. The van der Waals surface area contributed by atoms with E-state index >= 15 is 0 Å². The SMILES string of the molecule is O=C(NC1CCC(Oc2ccc(C(F)(F)F)cn2)CC1)c1cc(Cl)ccc1[N+](=O)[O-]. The first-order chi connectivity index (χ1) is 14.1. The van der Waals surface area contributed by atoms with Crippen molar-refractivity contribution in [2.45, 2.75) is 44.0 Å². The number of nitrogens with zero attached hydrogens (tertiary/aromatic N) is 2. The average Bonchev–Trinajstić information content (AvgIpc) is 2.69. The van der Waals surface area contributed by atoms with Gasteiger partial charge in [0.25, 0.3) is 11.6 Å². The first-order valence-electron chi connectivity index (χ1n) is 9.08. The monoisotopic (exact) mass is 443 g/mol. The molecule has 0 spiro atoms. The Hall–Kier alpha value is -2.88. The van der Waals surface area contributed by atoms with E-state index in [-0.39, 0.29) is 34.3 Å². The van der Waals surface area contributed by atoms with E-state index in [1.54, 1.807) is 0 Å². The van der Waals surface area contributed by atoms with Crippen LogP contribution in [0.25, 0.3) is 0 Å². The molecule has 1 amide bonds. The summed E-state index contributed by atoms with van der Waals surface area (Å²) in [6, 6.07) is 5.64. The van der Waals surface area contributed by atoms with Crippen LogP contribution in [0.5, 0.6) is 5.88 Å². The molecule has 1 aliphatic rings. The number of nitrogens with one attached hydrogen (secondary N) is 1. The van der Waals surface area contributed by atoms with Gasteiger partial charge in [-0.2, -0.15) is 13.2 Å². The fraction of sp³-hybridized carbons (Fsp3) is 0.368. The molecule has 11 heteroatoms. The maximum absolute atomic E-state index is 12.6. The first-order valence-corrected chi connectivity index (χ1v) is 9.46. The molecule has 1 aromatic heterocycles. The second-order valence-corrected chi connectivity index (χ2v) is 7.30. The lowest BCUT2D eigenvalue weighted by Crippen LogP contribution is -2.40. The number of halogens is 4. The number of nitro groups is 1. The van der Waals surface area contributed by atoms with Crippen LogP contribution in [0.4, 0.5) is 18.9 Å². The standard InChI is InChI=1S/C19H17ClF3N3O4/c20-12-2-7-16(26(28)29)15(9-12)18(27)25-13-3-5-14(6-4-13)30-17-8-1-11(10-24-17)19(21,22)23/h1-2,7-10,13-14H,3-6H2,(H,25,27). The van der Waals surface area contributed by atoms with Crippen molar-refractivity contribution < 1.29 is 27.6 Å². The number of ether oxygens (including phenoxy) is 1. The van der Waals surface area contributed by atoms with Crippen molar-refractivity contribution in [2.24, 2.45) is 0 Å². The van der Waals surface area contributed by atoms with E-state index in [2.05, 4.69) is 10.3 Å². The number of hydrogen-bond acceptors (Lipinski definition) is 5. The largest absolute Gasteiger partial charge is 0.474 e. The molecule has 30 heavy (non-hydrogen) atoms. The van der Waals surface area contributed by atoms with Gasteiger partial charge in [0.2, 0.25) is 5.88 Å². The molecular formula is C19H17ClF3N3O4. The fourth-order valence-electron chi connectivity index (χ4n) is 3.23. The molecule has 3 rings (SSSR count). The number of nitro benzene ring substituents is 1. The second kappa shape index (κ2) is 8.86. The van der Waals surface area contributed by atoms with Crippen LogP contribution in [0.3, 0.4) is 0 Å². The third-order valence-corrected chi connectivity index (χ3v) is 5.00. The quantitative estimate of drug-likeness (QED) is 0.530. The summed E-state index contributed by atoms with van der Waals surface area (Å²) in [6.45, 7) is 0. The van der Waals surface area contributed by atoms with Gasteiger partial charge in [0.1, 0.15) is 11.7 Å². The normalized spacial score (nSPS) is 19.2. The van der Waals surface area contributed by atoms with E-state index in [1.807, 2.05) is 0 Å². The van der Waals surface area contributed by atoms with Gasteiger partial charge in [-0.05, 0) is 43.9 Å². The molecule has 160 valence electrons. The van der Waals surface area contributed by atoms with Crippen LogP contribution in [0.2, 0.25) is 5.02 Å². The van der Waals surface area contributed by atoms with E-state index in [4.69, 9.17) is 16.3 Å². The van der Waals surface area contributed by atoms with Gasteiger partial charge in [0.15, 0.2) is 0 Å². The topological polar surface area (TPSA) is 94.4 Å². The highest BCUT2D eigenvalue weighted by atomic mass is 35.5. The van der Waals surface area contributed by atoms with E-state index in [0.29, 0.717) is 25.7 Å². The zero-order chi connectivity index (χ0) is 21.9. The van der Waals surface area contributed by atoms with Crippen molar-refractivity contribution in [3.63, 3.8) is 0 Å². The number of amides is 1. The minimum Gasteiger partial charge on any atom is -0.474 e. The van der Waals surface area contributed by atoms with Crippen molar-refractivity contribution in [3.8, 4) is 5.88 Å². The van der Waals surface area contributed by atoms with E-state index in [1.165, 1.54) is 24.3 Å². The highest BCUT2D eigenvalue weighted by molar-refractivity contribution is 6.31. The molecule has 1 N–H and O–H groups in total. The Kier molecular flexibility index (Phi) is 6.45. The van der Waals surface area contributed by atoms with Gasteiger partial charge >= 0.3 is 6.18 Å². The number of carbonyl (C=O) groups excluding carboxylic acids is 1. The Bertz CT molecular complexity index is 930. The van der Waals surface area contributed by atoms with Crippen molar-refractivity contribution in [1.82, 2.24) is 10.3 Å². The second-order valence-electron chi connectivity index (χ2n) is 6.87. The van der Waals surface area contributed by atoms with Gasteiger partial charge in [-0.1, -0.05) is 11.6 Å². The number of hydrogen-bond donors (Lipinski definition) is 1. The molecule has 1 aliphatic carbocycles. The molecule has 1 heterocycles. The van der Waals surface area contributed by atoms with Crippen LogP contribution >= 0.6 is 11.6 Å². The number of alkyl halides is 3. The van der Waals surface area contributed by atoms with Crippen LogP contribution < -0.4 is 10.1 Å². The molecule has 7 nitrogen and oxygen atoms in total. The Labute approximate surface area is 174 Å². The van der Waals surface area contributed by atoms with Gasteiger partial charge in [-0.25, -0.2) is 4.98 Å². The molecule has 1 fully saturated rings. The first kappa shape index (κ1) is 21.8. The number of carbonyl (C=O) groups is 1. The highest BCUT2D eigenvalue weighted by Crippen LogP contribution is 2.30. The van der Waals surface area contributed by atoms with Gasteiger partial charge in [0.05, 0.1) is 10.5 Å². The summed E-state index contributed by atoms with van der Waals surface area (Å²) in [5, 5.41) is 14.1. The smallest absolute Gasteiger partial charge is 0.417 e. The predicted octanol–water partition coefficient (Wildman–Crippen LogP) is 4.78. The third-order valence-electron chi connectivity index (χ3n) is 4.76. The Morgan fingerprint density at radius 3 is 2.47 bits per heavy atom. The summed E-state index contributed by atoms with van der Waals surface area (Å²) in [5.41, 5.74) is -1.29. The summed E-state index contributed by atoms with van der Waals surface area (Å²) in [7, 11) is 0. The summed E-state index contributed by atoms with van der Waals surface area (Å²) in [5.74, 6) is -0.483. The van der Waals surface area contributed by atoms with Crippen LogP contribution in [0, 0.1) is 10.1 Å². The van der Waals surface area contributed by atoms with E-state index in [9.17, 15) is 28.1 Å². The molecular weight excluding hydrogens is 427 g/mol. The summed E-state index contributed by atoms with van der Waals surface area (Å²) in [4.78, 5) is 26.6. The Morgan fingerprint density at radius 1 is 1.20 bits per heavy atom. The van der Waals surface area contributed by atoms with Crippen LogP contribution in [0.15, 0.2) is 36.5 Å². The molecule has 0 aliphatic heterocycles. The summed E-state index contributed by atoms with van der Waals surface area (Å²) in [6.07, 6.45) is -1.80. The minimum atomic E-state index is -4.46. The molecule has 1 saturated carbocycles. The molecule has 2 aromatic rings. The summed E-state index contributed by atoms with van der Waals surface area (Å²) < 4.78 is 43.4. The van der Waals surface area contributed by atoms with Crippen LogP contribution in [-0.2, 0) is 6.18 Å². The fourth-order valence-corrected chi connectivity index (χ4v) is 3.40. The third kappa shape index (κ3) is 5.38. The Morgan fingerprint density at radius 2 is 1.90 bits per heavy atom. The van der Waals surface area contributed by atoms with Crippen LogP contribution in [0.1, 0.15) is 41.6 Å². The number of aromatic nitrogens is 1. The lowest BCUT2D eigenvalue weighted by molar-refractivity contribution is -0.385. The van der Waals surface area contributed by atoms with Gasteiger partial charge in [-0.3, -0.25) is 14.9 Å². The van der Waals surface area contributed by atoms with Crippen molar-refractivity contribution in [2.75, 3.05) is 0 Å². The van der Waals surface area contributed by atoms with Crippen LogP contribution in [-0.4, -0.2) is 28.0 Å².